The van der Waals surface area contributed by atoms with Crippen molar-refractivity contribution in [3.8, 4) is 5.75 Å². The second kappa shape index (κ2) is 10.5. The number of anilines is 2. The number of fused-ring (bicyclic) bond motifs is 3. The quantitative estimate of drug-likeness (QED) is 0.292. The Balaban J connectivity index is 1.43. The third-order valence-corrected chi connectivity index (χ3v) is 6.85. The second-order valence-corrected chi connectivity index (χ2v) is 9.24. The number of aliphatic imine (C=N–C) groups is 1. The molecule has 40 heavy (non-hydrogen) atoms. The number of hydrogen-bond acceptors (Lipinski definition) is 8. The number of allylic oxidation sites excluding steroid dienone is 4. The van der Waals surface area contributed by atoms with Gasteiger partial charge >= 0.3 is 5.97 Å². The fourth-order valence-electron chi connectivity index (χ4n) is 4.91. The van der Waals surface area contributed by atoms with E-state index in [4.69, 9.17) is 19.5 Å². The number of halogens is 1. The standard InChI is InChI=1S/C31H24FN5O3/c1-39-27-17-34-29(37-30(27)36-26-11-12-33-16-23(26)31(38)40-2)20-14-19(13-18-7-3-5-9-24(18)32)28-22(15-20)21-8-4-6-10-25(21)35-28/h3-12,14-17,19H,13H2,1-2H3,(H,33,34,36,37). The van der Waals surface area contributed by atoms with Crippen LogP contribution in [0.2, 0.25) is 0 Å². The normalized spacial score (nSPS) is 15.3. The van der Waals surface area contributed by atoms with E-state index in [-0.39, 0.29) is 17.3 Å². The molecule has 0 fully saturated rings. The molecule has 198 valence electrons. The summed E-state index contributed by atoms with van der Waals surface area (Å²) in [6.45, 7) is 0. The van der Waals surface area contributed by atoms with Crippen molar-refractivity contribution in [2.75, 3.05) is 19.5 Å². The molecule has 3 heterocycles. The van der Waals surface area contributed by atoms with Gasteiger partial charge in [0.05, 0.1) is 37.5 Å². The van der Waals surface area contributed by atoms with E-state index in [0.717, 1.165) is 28.1 Å². The number of hydrogen-bond donors (Lipinski definition) is 1. The predicted molar refractivity (Wildman–Crippen MR) is 151 cm³/mol. The lowest BCUT2D eigenvalue weighted by Crippen LogP contribution is -2.19. The summed E-state index contributed by atoms with van der Waals surface area (Å²) in [6.07, 6.45) is 9.02. The smallest absolute Gasteiger partial charge is 0.341 e. The first-order chi connectivity index (χ1) is 19.6. The van der Waals surface area contributed by atoms with Crippen molar-refractivity contribution < 1.29 is 18.7 Å². The average molecular weight is 534 g/mol. The van der Waals surface area contributed by atoms with Crippen molar-refractivity contribution >= 4 is 40.0 Å². The van der Waals surface area contributed by atoms with E-state index in [0.29, 0.717) is 35.1 Å². The number of nitrogens with zero attached hydrogens (tertiary/aromatic N) is 4. The molecular formula is C31H24FN5O3. The van der Waals surface area contributed by atoms with E-state index < -0.39 is 5.97 Å². The Hall–Kier alpha value is -5.18. The summed E-state index contributed by atoms with van der Waals surface area (Å²) < 4.78 is 25.1. The molecule has 1 N–H and O–H groups in total. The van der Waals surface area contributed by atoms with Gasteiger partial charge in [0.15, 0.2) is 17.4 Å². The molecule has 0 bridgehead atoms. The molecule has 0 spiro atoms. The zero-order chi connectivity index (χ0) is 27.6. The Bertz CT molecular complexity index is 1730. The third kappa shape index (κ3) is 4.62. The number of carbonyl (C=O) groups is 1. The van der Waals surface area contributed by atoms with Crippen molar-refractivity contribution in [1.82, 2.24) is 15.0 Å². The van der Waals surface area contributed by atoms with Gasteiger partial charge in [0, 0.05) is 35.0 Å². The molecule has 0 radical (unpaired) electrons. The molecule has 4 aromatic rings. The number of methoxy groups -OCH3 is 2. The number of pyridine rings is 1. The maximum Gasteiger partial charge on any atom is 0.341 e. The largest absolute Gasteiger partial charge is 0.491 e. The molecule has 0 saturated carbocycles. The molecule has 0 saturated heterocycles. The lowest BCUT2D eigenvalue weighted by atomic mass is 9.82. The molecule has 9 heteroatoms. The highest BCUT2D eigenvalue weighted by atomic mass is 19.1. The fourth-order valence-corrected chi connectivity index (χ4v) is 4.91. The summed E-state index contributed by atoms with van der Waals surface area (Å²) in [5.41, 5.74) is 5.81. The van der Waals surface area contributed by atoms with Crippen LogP contribution in [0.25, 0.3) is 11.1 Å². The Morgan fingerprint density at radius 3 is 2.70 bits per heavy atom. The summed E-state index contributed by atoms with van der Waals surface area (Å²) in [5.74, 6) is 0.192. The summed E-state index contributed by atoms with van der Waals surface area (Å²) >= 11 is 0. The van der Waals surface area contributed by atoms with Gasteiger partial charge in [0.1, 0.15) is 11.4 Å². The highest BCUT2D eigenvalue weighted by Crippen LogP contribution is 2.43. The Morgan fingerprint density at radius 1 is 1.05 bits per heavy atom. The Morgan fingerprint density at radius 2 is 1.88 bits per heavy atom. The molecule has 2 aromatic heterocycles. The summed E-state index contributed by atoms with van der Waals surface area (Å²) in [6, 6.07) is 16.4. The van der Waals surface area contributed by atoms with Crippen molar-refractivity contribution in [3.05, 3.63) is 114 Å². The third-order valence-electron chi connectivity index (χ3n) is 6.85. The van der Waals surface area contributed by atoms with E-state index >= 15 is 0 Å². The van der Waals surface area contributed by atoms with E-state index in [9.17, 15) is 9.18 Å². The van der Waals surface area contributed by atoms with E-state index in [1.165, 1.54) is 26.5 Å². The molecule has 8 nitrogen and oxygen atoms in total. The fraction of sp³-hybridized carbons (Fsp3) is 0.129. The van der Waals surface area contributed by atoms with Crippen LogP contribution in [0.4, 0.5) is 21.6 Å². The van der Waals surface area contributed by atoms with Gasteiger partial charge in [-0.05, 0) is 36.3 Å². The van der Waals surface area contributed by atoms with Crippen LogP contribution >= 0.6 is 0 Å². The molecule has 6 rings (SSSR count). The van der Waals surface area contributed by atoms with Gasteiger partial charge in [-0.1, -0.05) is 42.5 Å². The Kier molecular flexibility index (Phi) is 6.61. The number of nitrogens with one attached hydrogen (secondary N) is 1. The van der Waals surface area contributed by atoms with Crippen LogP contribution in [0, 0.1) is 11.7 Å². The number of rotatable bonds is 7. The van der Waals surface area contributed by atoms with E-state index in [1.54, 1.807) is 30.6 Å². The monoisotopic (exact) mass is 533 g/mol. The van der Waals surface area contributed by atoms with Gasteiger partial charge in [-0.15, -0.1) is 0 Å². The second-order valence-electron chi connectivity index (χ2n) is 9.24. The number of esters is 1. The first-order valence-electron chi connectivity index (χ1n) is 12.6. The SMILES string of the molecule is COC(=O)c1cnccc1Nc1nc(C2=CC(Cc3ccccc3F)C3=Nc4ccccc4C3=C2)ncc1OC. The van der Waals surface area contributed by atoms with Crippen LogP contribution in [-0.2, 0) is 11.2 Å². The van der Waals surface area contributed by atoms with Crippen LogP contribution in [0.3, 0.4) is 0 Å². The number of carbonyl (C=O) groups excluding carboxylic acids is 1. The minimum absolute atomic E-state index is 0.201. The van der Waals surface area contributed by atoms with E-state index in [2.05, 4.69) is 15.3 Å². The van der Waals surface area contributed by atoms with Crippen LogP contribution < -0.4 is 10.1 Å². The van der Waals surface area contributed by atoms with Crippen LogP contribution in [0.5, 0.6) is 5.75 Å². The molecule has 1 aliphatic heterocycles. The maximum absolute atomic E-state index is 14.7. The van der Waals surface area contributed by atoms with Crippen molar-refractivity contribution in [1.29, 1.82) is 0 Å². The first kappa shape index (κ1) is 25.1. The predicted octanol–water partition coefficient (Wildman–Crippen LogP) is 5.98. The highest BCUT2D eigenvalue weighted by molar-refractivity contribution is 6.33. The summed E-state index contributed by atoms with van der Waals surface area (Å²) in [7, 11) is 2.82. The lowest BCUT2D eigenvalue weighted by Gasteiger charge is -2.22. The molecule has 2 aliphatic rings. The van der Waals surface area contributed by atoms with Gasteiger partial charge in [-0.3, -0.25) is 9.98 Å². The number of benzene rings is 2. The average Bonchev–Trinajstić information content (AvgIpc) is 3.37. The Labute approximate surface area is 230 Å². The van der Waals surface area contributed by atoms with Crippen molar-refractivity contribution in [3.63, 3.8) is 0 Å². The first-order valence-corrected chi connectivity index (χ1v) is 12.6. The topological polar surface area (TPSA) is 98.6 Å². The molecule has 2 aromatic carbocycles. The molecule has 1 aliphatic carbocycles. The van der Waals surface area contributed by atoms with Gasteiger partial charge in [0.25, 0.3) is 0 Å². The van der Waals surface area contributed by atoms with Crippen molar-refractivity contribution in [2.45, 2.75) is 6.42 Å². The van der Waals surface area contributed by atoms with E-state index in [1.807, 2.05) is 42.5 Å². The zero-order valence-electron chi connectivity index (χ0n) is 21.8. The summed E-state index contributed by atoms with van der Waals surface area (Å²) in [4.78, 5) is 30.6. The van der Waals surface area contributed by atoms with Gasteiger partial charge in [-0.25, -0.2) is 19.2 Å². The number of aromatic nitrogens is 3. The van der Waals surface area contributed by atoms with Gasteiger partial charge in [0.2, 0.25) is 0 Å². The highest BCUT2D eigenvalue weighted by Gasteiger charge is 2.31. The van der Waals surface area contributed by atoms with Crippen LogP contribution in [0.1, 0.15) is 27.3 Å². The minimum Gasteiger partial charge on any atom is -0.491 e. The number of para-hydroxylation sites is 1. The molecular weight excluding hydrogens is 509 g/mol. The summed E-state index contributed by atoms with van der Waals surface area (Å²) in [5, 5.41) is 3.17. The molecule has 1 unspecified atom stereocenters. The van der Waals surface area contributed by atoms with Gasteiger partial charge < -0.3 is 14.8 Å². The van der Waals surface area contributed by atoms with Crippen molar-refractivity contribution in [2.24, 2.45) is 10.9 Å². The zero-order valence-corrected chi connectivity index (χ0v) is 21.8. The minimum atomic E-state index is -0.536. The van der Waals surface area contributed by atoms with Crippen LogP contribution in [-0.4, -0.2) is 40.9 Å². The molecule has 0 amide bonds. The number of ether oxygens (including phenoxy) is 2. The maximum atomic E-state index is 14.7. The molecule has 1 atom stereocenters. The lowest BCUT2D eigenvalue weighted by molar-refractivity contribution is 0.0601. The van der Waals surface area contributed by atoms with Crippen LogP contribution in [0.15, 0.2) is 90.3 Å². The van der Waals surface area contributed by atoms with Gasteiger partial charge in [-0.2, -0.15) is 0 Å².